The lowest BCUT2D eigenvalue weighted by Gasteiger charge is -2.07. The molecular formula is C11H9BrFN5O. The summed E-state index contributed by atoms with van der Waals surface area (Å²) in [5.41, 5.74) is 2.39. The molecular weight excluding hydrogens is 317 g/mol. The van der Waals surface area contributed by atoms with Crippen LogP contribution in [0, 0.1) is 5.82 Å². The lowest BCUT2D eigenvalue weighted by Crippen LogP contribution is -2.17. The summed E-state index contributed by atoms with van der Waals surface area (Å²) in [6.07, 6.45) is 0. The van der Waals surface area contributed by atoms with Gasteiger partial charge in [0.1, 0.15) is 5.82 Å². The molecule has 0 radical (unpaired) electrons. The van der Waals surface area contributed by atoms with Crippen LogP contribution in [0.2, 0.25) is 0 Å². The Morgan fingerprint density at radius 3 is 2.63 bits per heavy atom. The second-order valence-electron chi connectivity index (χ2n) is 3.50. The van der Waals surface area contributed by atoms with Gasteiger partial charge in [-0.2, -0.15) is 0 Å². The molecule has 0 spiro atoms. The maximum atomic E-state index is 13.5. The number of carbonyl (C=O) groups is 1. The molecule has 98 valence electrons. The highest BCUT2D eigenvalue weighted by molar-refractivity contribution is 9.10. The number of aromatic nitrogens is 2. The van der Waals surface area contributed by atoms with Crippen LogP contribution in [0.25, 0.3) is 0 Å². The Morgan fingerprint density at radius 2 is 2.05 bits per heavy atom. The number of amides is 1. The van der Waals surface area contributed by atoms with Gasteiger partial charge in [-0.1, -0.05) is 6.07 Å². The molecule has 6 nitrogen and oxygen atoms in total. The van der Waals surface area contributed by atoms with Gasteiger partial charge in [0.2, 0.25) is 0 Å². The van der Waals surface area contributed by atoms with E-state index in [-0.39, 0.29) is 11.4 Å². The van der Waals surface area contributed by atoms with E-state index in [0.29, 0.717) is 10.3 Å². The van der Waals surface area contributed by atoms with Crippen molar-refractivity contribution >= 4 is 33.3 Å². The highest BCUT2D eigenvalue weighted by Crippen LogP contribution is 2.25. The van der Waals surface area contributed by atoms with Gasteiger partial charge in [0.25, 0.3) is 5.91 Å². The summed E-state index contributed by atoms with van der Waals surface area (Å²) in [6, 6.07) is 7.29. The van der Waals surface area contributed by atoms with Gasteiger partial charge in [0, 0.05) is 4.47 Å². The molecule has 0 saturated heterocycles. The molecule has 1 aromatic heterocycles. The van der Waals surface area contributed by atoms with Crippen molar-refractivity contribution in [1.29, 1.82) is 0 Å². The van der Waals surface area contributed by atoms with Crippen molar-refractivity contribution in [3.63, 3.8) is 0 Å². The van der Waals surface area contributed by atoms with Gasteiger partial charge in [-0.25, -0.2) is 10.2 Å². The minimum absolute atomic E-state index is 0.0501. The summed E-state index contributed by atoms with van der Waals surface area (Å²) < 4.78 is 14.0. The van der Waals surface area contributed by atoms with Crippen LogP contribution in [-0.2, 0) is 0 Å². The molecule has 0 fully saturated rings. The molecule has 0 aliphatic carbocycles. The zero-order valence-electron chi connectivity index (χ0n) is 9.52. The Labute approximate surface area is 116 Å². The minimum atomic E-state index is -0.568. The van der Waals surface area contributed by atoms with Crippen LogP contribution >= 0.6 is 15.9 Å². The first-order valence-electron chi connectivity index (χ1n) is 5.17. The standard InChI is InChI=1S/C11H9BrFN5O/c12-6-2-1-3-7(13)10(6)15-11(19)8-4-5-9(16-14)18-17-8/h1-5H,14H2,(H,15,19)(H,16,18). The normalized spacial score (nSPS) is 10.1. The van der Waals surface area contributed by atoms with Crippen LogP contribution in [0.15, 0.2) is 34.8 Å². The van der Waals surface area contributed by atoms with Crippen LogP contribution < -0.4 is 16.6 Å². The average Bonchev–Trinajstić information content (AvgIpc) is 2.43. The number of anilines is 2. The lowest BCUT2D eigenvalue weighted by atomic mass is 10.3. The molecule has 0 aliphatic heterocycles. The SMILES string of the molecule is NNc1ccc(C(=O)Nc2c(F)cccc2Br)nn1. The van der Waals surface area contributed by atoms with E-state index < -0.39 is 11.7 Å². The molecule has 0 unspecified atom stereocenters. The van der Waals surface area contributed by atoms with Crippen molar-refractivity contribution in [3.05, 3.63) is 46.3 Å². The number of halogens is 2. The van der Waals surface area contributed by atoms with E-state index in [1.54, 1.807) is 6.07 Å². The maximum absolute atomic E-state index is 13.5. The number of nitrogens with two attached hydrogens (primary N) is 1. The van der Waals surface area contributed by atoms with E-state index in [2.05, 4.69) is 36.9 Å². The Hall–Kier alpha value is -2.06. The minimum Gasteiger partial charge on any atom is -0.317 e. The van der Waals surface area contributed by atoms with Crippen LogP contribution in [-0.4, -0.2) is 16.1 Å². The zero-order chi connectivity index (χ0) is 13.8. The third kappa shape index (κ3) is 3.04. The fourth-order valence-corrected chi connectivity index (χ4v) is 1.77. The fourth-order valence-electron chi connectivity index (χ4n) is 1.33. The molecule has 1 heterocycles. The second-order valence-corrected chi connectivity index (χ2v) is 4.35. The largest absolute Gasteiger partial charge is 0.317 e. The van der Waals surface area contributed by atoms with E-state index in [9.17, 15) is 9.18 Å². The molecule has 0 aliphatic rings. The number of nitrogens with zero attached hydrogens (tertiary/aromatic N) is 2. The van der Waals surface area contributed by atoms with Crippen molar-refractivity contribution in [2.75, 3.05) is 10.7 Å². The molecule has 0 saturated carbocycles. The number of carbonyl (C=O) groups excluding carboxylic acids is 1. The molecule has 2 rings (SSSR count). The summed E-state index contributed by atoms with van der Waals surface area (Å²) in [5, 5.41) is 9.73. The number of hydrogen-bond acceptors (Lipinski definition) is 5. The van der Waals surface area contributed by atoms with Gasteiger partial charge in [0.15, 0.2) is 11.5 Å². The van der Waals surface area contributed by atoms with Crippen molar-refractivity contribution in [2.45, 2.75) is 0 Å². The van der Waals surface area contributed by atoms with E-state index >= 15 is 0 Å². The molecule has 8 heteroatoms. The molecule has 1 amide bonds. The van der Waals surface area contributed by atoms with Gasteiger partial charge < -0.3 is 10.7 Å². The third-order valence-electron chi connectivity index (χ3n) is 2.25. The van der Waals surface area contributed by atoms with Crippen LogP contribution in [0.5, 0.6) is 0 Å². The number of hydrogen-bond donors (Lipinski definition) is 3. The summed E-state index contributed by atoms with van der Waals surface area (Å²) in [7, 11) is 0. The molecule has 0 bridgehead atoms. The van der Waals surface area contributed by atoms with E-state index in [1.807, 2.05) is 0 Å². The van der Waals surface area contributed by atoms with Gasteiger partial charge in [0.05, 0.1) is 5.69 Å². The molecule has 1 aromatic carbocycles. The topological polar surface area (TPSA) is 92.9 Å². The van der Waals surface area contributed by atoms with Crippen LogP contribution in [0.4, 0.5) is 15.9 Å². The van der Waals surface area contributed by atoms with Gasteiger partial charge in [-0.05, 0) is 40.2 Å². The molecule has 2 aromatic rings. The predicted molar refractivity (Wildman–Crippen MR) is 71.9 cm³/mol. The fraction of sp³-hybridized carbons (Fsp3) is 0. The Morgan fingerprint density at radius 1 is 1.26 bits per heavy atom. The van der Waals surface area contributed by atoms with Gasteiger partial charge in [-0.15, -0.1) is 10.2 Å². The predicted octanol–water partition coefficient (Wildman–Crippen LogP) is 1.92. The van der Waals surface area contributed by atoms with Crippen molar-refractivity contribution in [1.82, 2.24) is 10.2 Å². The Balaban J connectivity index is 2.20. The first-order valence-corrected chi connectivity index (χ1v) is 5.97. The highest BCUT2D eigenvalue weighted by Gasteiger charge is 2.13. The van der Waals surface area contributed by atoms with Crippen molar-refractivity contribution in [2.24, 2.45) is 5.84 Å². The zero-order valence-corrected chi connectivity index (χ0v) is 11.1. The number of hydrazine groups is 1. The lowest BCUT2D eigenvalue weighted by molar-refractivity contribution is 0.102. The van der Waals surface area contributed by atoms with E-state index in [1.165, 1.54) is 24.3 Å². The number of benzene rings is 1. The van der Waals surface area contributed by atoms with Gasteiger partial charge in [-0.3, -0.25) is 4.79 Å². The summed E-state index contributed by atoms with van der Waals surface area (Å²) in [4.78, 5) is 11.9. The third-order valence-corrected chi connectivity index (χ3v) is 2.91. The van der Waals surface area contributed by atoms with Crippen molar-refractivity contribution in [3.8, 4) is 0 Å². The van der Waals surface area contributed by atoms with Crippen LogP contribution in [0.1, 0.15) is 10.5 Å². The molecule has 4 N–H and O–H groups in total. The quantitative estimate of drug-likeness (QED) is 0.592. The van der Waals surface area contributed by atoms with Gasteiger partial charge >= 0.3 is 0 Å². The average molecular weight is 326 g/mol. The summed E-state index contributed by atoms with van der Waals surface area (Å²) >= 11 is 3.15. The highest BCUT2D eigenvalue weighted by atomic mass is 79.9. The smallest absolute Gasteiger partial charge is 0.276 e. The summed E-state index contributed by atoms with van der Waals surface area (Å²) in [5.74, 6) is 4.34. The number of rotatable bonds is 3. The first kappa shape index (κ1) is 13.4. The van der Waals surface area contributed by atoms with Crippen LogP contribution in [0.3, 0.4) is 0 Å². The molecule has 19 heavy (non-hydrogen) atoms. The second kappa shape index (κ2) is 5.72. The van der Waals surface area contributed by atoms with E-state index in [0.717, 1.165) is 0 Å². The monoisotopic (exact) mass is 325 g/mol. The van der Waals surface area contributed by atoms with E-state index in [4.69, 9.17) is 5.84 Å². The number of para-hydroxylation sites is 1. The maximum Gasteiger partial charge on any atom is 0.276 e. The number of nitrogen functional groups attached to an aromatic ring is 1. The number of nitrogens with one attached hydrogen (secondary N) is 2. The summed E-state index contributed by atoms with van der Waals surface area (Å²) in [6.45, 7) is 0. The Kier molecular flexibility index (Phi) is 4.03. The molecule has 0 atom stereocenters. The van der Waals surface area contributed by atoms with Crippen molar-refractivity contribution < 1.29 is 9.18 Å². The Bertz CT molecular complexity index is 584. The first-order chi connectivity index (χ1) is 9.11.